The molecule has 2 aromatic carbocycles. The van der Waals surface area contributed by atoms with Crippen molar-refractivity contribution in [1.29, 1.82) is 0 Å². The molecule has 17 nitrogen and oxygen atoms in total. The first-order valence-corrected chi connectivity index (χ1v) is 16.3. The molecule has 17 heteroatoms. The number of hydrogen-bond donors (Lipinski definition) is 5. The van der Waals surface area contributed by atoms with Crippen molar-refractivity contribution in [3.05, 3.63) is 58.8 Å². The molecule has 0 spiro atoms. The number of carbonyl (C=O) groups is 5. The molecular weight excluding hydrogens is 664 g/mol. The molecule has 3 aromatic rings. The molecule has 5 amide bonds. The molecule has 1 fully saturated rings. The molecule has 7 N–H and O–H groups in total. The quantitative estimate of drug-likeness (QED) is 0.0976. The highest BCUT2D eigenvalue weighted by atomic mass is 16.5. The van der Waals surface area contributed by atoms with E-state index in [2.05, 4.69) is 25.9 Å². The Labute approximate surface area is 293 Å². The van der Waals surface area contributed by atoms with Crippen molar-refractivity contribution < 1.29 is 42.9 Å². The van der Waals surface area contributed by atoms with Crippen LogP contribution in [0.4, 0.5) is 17.5 Å². The lowest BCUT2D eigenvalue weighted by Crippen LogP contribution is -2.54. The molecule has 1 atom stereocenters. The molecule has 1 aromatic heterocycles. The van der Waals surface area contributed by atoms with E-state index < -0.39 is 29.7 Å². The van der Waals surface area contributed by atoms with Gasteiger partial charge in [0.05, 0.1) is 45.2 Å². The van der Waals surface area contributed by atoms with Gasteiger partial charge in [-0.05, 0) is 42.7 Å². The maximum atomic E-state index is 13.2. The second kappa shape index (κ2) is 16.6. The number of carbonyl (C=O) groups excluding carboxylic acids is 5. The van der Waals surface area contributed by atoms with Crippen LogP contribution in [0.15, 0.2) is 36.5 Å². The smallest absolute Gasteiger partial charge is 0.264 e. The van der Waals surface area contributed by atoms with Crippen LogP contribution < -0.4 is 41.6 Å². The van der Waals surface area contributed by atoms with Crippen LogP contribution in [0.2, 0.25) is 0 Å². The number of nitrogens with zero attached hydrogens (tertiary/aromatic N) is 3. The van der Waals surface area contributed by atoms with Crippen LogP contribution >= 0.6 is 0 Å². The fourth-order valence-electron chi connectivity index (χ4n) is 5.75. The number of nitrogen functional groups attached to an aromatic ring is 2. The number of imide groups is 2. The monoisotopic (exact) mass is 704 g/mol. The van der Waals surface area contributed by atoms with Gasteiger partial charge in [-0.3, -0.25) is 34.2 Å². The van der Waals surface area contributed by atoms with E-state index in [1.165, 1.54) is 20.3 Å². The summed E-state index contributed by atoms with van der Waals surface area (Å²) in [6.07, 6.45) is 2.78. The van der Waals surface area contributed by atoms with Crippen molar-refractivity contribution in [2.75, 3.05) is 63.9 Å². The minimum Gasteiger partial charge on any atom is -0.493 e. The van der Waals surface area contributed by atoms with Crippen molar-refractivity contribution in [3.63, 3.8) is 0 Å². The Morgan fingerprint density at radius 2 is 1.76 bits per heavy atom. The van der Waals surface area contributed by atoms with Crippen LogP contribution in [0, 0.1) is 0 Å². The number of nitrogens with two attached hydrogens (primary N) is 2. The molecule has 5 rings (SSSR count). The molecule has 2 aliphatic heterocycles. The van der Waals surface area contributed by atoms with Gasteiger partial charge in [0, 0.05) is 49.8 Å². The predicted octanol–water partition coefficient (Wildman–Crippen LogP) is 1.05. The Morgan fingerprint density at radius 3 is 2.47 bits per heavy atom. The van der Waals surface area contributed by atoms with E-state index in [0.29, 0.717) is 54.4 Å². The molecule has 0 saturated carbocycles. The lowest BCUT2D eigenvalue weighted by molar-refractivity contribution is -0.136. The van der Waals surface area contributed by atoms with E-state index in [1.807, 2.05) is 0 Å². The number of ether oxygens (including phenoxy) is 4. The summed E-state index contributed by atoms with van der Waals surface area (Å²) < 4.78 is 22.6. The Morgan fingerprint density at radius 1 is 1.02 bits per heavy atom. The van der Waals surface area contributed by atoms with E-state index in [1.54, 1.807) is 30.5 Å². The molecule has 51 heavy (non-hydrogen) atoms. The zero-order valence-electron chi connectivity index (χ0n) is 28.3. The van der Waals surface area contributed by atoms with Gasteiger partial charge in [-0.25, -0.2) is 4.98 Å². The number of anilines is 3. The SMILES string of the molecule is COc1cc(Cc2cnc(N)nc2N)cc(OC)c1OCCCC(=O)NCCOCCNc1cccc2c1C(=O)N(C1CCC(=O)NC1=O)C2=O. The molecule has 0 bridgehead atoms. The third-order valence-corrected chi connectivity index (χ3v) is 8.22. The fraction of sp³-hybridized carbons (Fsp3) is 0.382. The van der Waals surface area contributed by atoms with Crippen molar-refractivity contribution in [2.45, 2.75) is 38.1 Å². The summed E-state index contributed by atoms with van der Waals surface area (Å²) in [5, 5.41) is 8.09. The zero-order chi connectivity index (χ0) is 36.5. The summed E-state index contributed by atoms with van der Waals surface area (Å²) in [7, 11) is 3.04. The minimum atomic E-state index is -1.04. The van der Waals surface area contributed by atoms with E-state index in [4.69, 9.17) is 30.4 Å². The number of benzene rings is 2. The van der Waals surface area contributed by atoms with Gasteiger partial charge in [-0.1, -0.05) is 6.07 Å². The first-order chi connectivity index (χ1) is 24.6. The number of amides is 5. The lowest BCUT2D eigenvalue weighted by atomic mass is 10.0. The van der Waals surface area contributed by atoms with Crippen molar-refractivity contribution >= 4 is 47.0 Å². The predicted molar refractivity (Wildman–Crippen MR) is 183 cm³/mol. The van der Waals surface area contributed by atoms with Gasteiger partial charge in [0.1, 0.15) is 11.9 Å². The summed E-state index contributed by atoms with van der Waals surface area (Å²) >= 11 is 0. The lowest BCUT2D eigenvalue weighted by Gasteiger charge is -2.27. The highest BCUT2D eigenvalue weighted by molar-refractivity contribution is 6.25. The van der Waals surface area contributed by atoms with Crippen molar-refractivity contribution in [1.82, 2.24) is 25.5 Å². The number of methoxy groups -OCH3 is 2. The normalized spacial score (nSPS) is 15.3. The minimum absolute atomic E-state index is 0.0449. The number of piperidine rings is 1. The fourth-order valence-corrected chi connectivity index (χ4v) is 5.75. The molecular formula is C34H40N8O9. The van der Waals surface area contributed by atoms with Crippen LogP contribution in [0.5, 0.6) is 17.2 Å². The highest BCUT2D eigenvalue weighted by Crippen LogP contribution is 2.39. The first kappa shape index (κ1) is 36.3. The Bertz CT molecular complexity index is 1790. The average Bonchev–Trinajstić information content (AvgIpc) is 3.36. The maximum absolute atomic E-state index is 13.2. The van der Waals surface area contributed by atoms with Gasteiger partial charge >= 0.3 is 0 Å². The topological polar surface area (TPSA) is 239 Å². The van der Waals surface area contributed by atoms with Gasteiger partial charge in [0.15, 0.2) is 11.5 Å². The van der Waals surface area contributed by atoms with Crippen LogP contribution in [0.3, 0.4) is 0 Å². The van der Waals surface area contributed by atoms with Gasteiger partial charge < -0.3 is 41.0 Å². The standard InChI is InChI=1S/C34H40N8O9/c1-48-24-16-19(15-20-18-39-34(36)41-30(20)35)17-25(49-2)29(24)51-12-4-7-26(43)38-11-14-50-13-10-37-22-6-3-5-21-28(22)33(47)42(32(21)46)23-8-9-27(44)40-31(23)45/h3,5-6,16-18,23,37H,4,7-15H2,1-2H3,(H,38,43)(H,40,44,45)(H4,35,36,39,41). The van der Waals surface area contributed by atoms with Crippen LogP contribution in [-0.4, -0.2) is 97.6 Å². The molecule has 270 valence electrons. The van der Waals surface area contributed by atoms with E-state index >= 15 is 0 Å². The third kappa shape index (κ3) is 8.61. The molecule has 0 radical (unpaired) electrons. The summed E-state index contributed by atoms with van der Waals surface area (Å²) in [6, 6.07) is 7.41. The summed E-state index contributed by atoms with van der Waals surface area (Å²) in [6.45, 7) is 1.37. The maximum Gasteiger partial charge on any atom is 0.264 e. The van der Waals surface area contributed by atoms with E-state index in [9.17, 15) is 24.0 Å². The second-order valence-electron chi connectivity index (χ2n) is 11.7. The van der Waals surface area contributed by atoms with Gasteiger partial charge in [-0.15, -0.1) is 0 Å². The van der Waals surface area contributed by atoms with E-state index in [-0.39, 0.29) is 67.9 Å². The molecule has 3 heterocycles. The Hall–Kier alpha value is -5.97. The molecule has 1 saturated heterocycles. The zero-order valence-corrected chi connectivity index (χ0v) is 28.3. The summed E-state index contributed by atoms with van der Waals surface area (Å²) in [5.41, 5.74) is 13.9. The van der Waals surface area contributed by atoms with Crippen LogP contribution in [-0.2, 0) is 25.5 Å². The number of nitrogens with one attached hydrogen (secondary N) is 3. The van der Waals surface area contributed by atoms with Gasteiger partial charge in [0.25, 0.3) is 11.8 Å². The summed E-state index contributed by atoms with van der Waals surface area (Å²) in [4.78, 5) is 71.3. The number of aromatic nitrogens is 2. The van der Waals surface area contributed by atoms with Crippen molar-refractivity contribution in [2.24, 2.45) is 0 Å². The van der Waals surface area contributed by atoms with Gasteiger partial charge in [-0.2, -0.15) is 4.98 Å². The van der Waals surface area contributed by atoms with Crippen LogP contribution in [0.1, 0.15) is 57.5 Å². The molecule has 1 unspecified atom stereocenters. The number of rotatable bonds is 17. The Kier molecular flexibility index (Phi) is 11.8. The van der Waals surface area contributed by atoms with Crippen molar-refractivity contribution in [3.8, 4) is 17.2 Å². The highest BCUT2D eigenvalue weighted by Gasteiger charge is 2.45. The van der Waals surface area contributed by atoms with Crippen LogP contribution in [0.25, 0.3) is 0 Å². The first-order valence-electron chi connectivity index (χ1n) is 16.3. The largest absolute Gasteiger partial charge is 0.493 e. The average molecular weight is 705 g/mol. The third-order valence-electron chi connectivity index (χ3n) is 8.22. The van der Waals surface area contributed by atoms with Gasteiger partial charge in [0.2, 0.25) is 29.4 Å². The number of hydrogen-bond acceptors (Lipinski definition) is 14. The second-order valence-corrected chi connectivity index (χ2v) is 11.7. The molecule has 2 aliphatic rings. The molecule has 0 aliphatic carbocycles. The number of fused-ring (bicyclic) bond motifs is 1. The summed E-state index contributed by atoms with van der Waals surface area (Å²) in [5.74, 6) is -0.717. The van der Waals surface area contributed by atoms with E-state index in [0.717, 1.165) is 10.5 Å². The Balaban J connectivity index is 1.00.